The van der Waals surface area contributed by atoms with Crippen LogP contribution in [0, 0.1) is 11.6 Å². The quantitative estimate of drug-likeness (QED) is 0.622. The fourth-order valence-electron chi connectivity index (χ4n) is 1.18. The molecule has 0 spiro atoms. The molecule has 0 aliphatic rings. The summed E-state index contributed by atoms with van der Waals surface area (Å²) in [6.07, 6.45) is 1.63. The molecule has 3 N–H and O–H groups in total. The van der Waals surface area contributed by atoms with Crippen molar-refractivity contribution in [2.24, 2.45) is 0 Å². The summed E-state index contributed by atoms with van der Waals surface area (Å²) in [5, 5.41) is 0.829. The SMILES string of the molecule is Cc1nc(=S)c2cnc(N)cc2[nH]1. The zero-order valence-electron chi connectivity index (χ0n) is 7.03. The number of aromatic amines is 1. The highest BCUT2D eigenvalue weighted by Gasteiger charge is 1.98. The molecule has 2 heterocycles. The average molecular weight is 192 g/mol. The van der Waals surface area contributed by atoms with Gasteiger partial charge in [0.15, 0.2) is 0 Å². The largest absolute Gasteiger partial charge is 0.384 e. The van der Waals surface area contributed by atoms with Crippen LogP contribution < -0.4 is 5.73 Å². The van der Waals surface area contributed by atoms with Crippen molar-refractivity contribution in [1.82, 2.24) is 15.0 Å². The van der Waals surface area contributed by atoms with E-state index < -0.39 is 0 Å². The van der Waals surface area contributed by atoms with Crippen LogP contribution in [0.4, 0.5) is 5.82 Å². The third kappa shape index (κ3) is 1.38. The topological polar surface area (TPSA) is 67.6 Å². The number of fused-ring (bicyclic) bond motifs is 1. The predicted molar refractivity (Wildman–Crippen MR) is 53.9 cm³/mol. The highest BCUT2D eigenvalue weighted by Crippen LogP contribution is 2.13. The monoisotopic (exact) mass is 192 g/mol. The minimum Gasteiger partial charge on any atom is -0.384 e. The molecule has 4 nitrogen and oxygen atoms in total. The summed E-state index contributed by atoms with van der Waals surface area (Å²) in [4.78, 5) is 11.1. The number of hydrogen-bond acceptors (Lipinski definition) is 4. The van der Waals surface area contributed by atoms with Gasteiger partial charge in [-0.2, -0.15) is 0 Å². The molecule has 0 bridgehead atoms. The molecule has 66 valence electrons. The zero-order valence-corrected chi connectivity index (χ0v) is 7.85. The standard InChI is InChI=1S/C8H8N4S/c1-4-11-6-2-7(9)10-3-5(6)8(13)12-4/h2-3H,1H3,(H2,9,10)(H,11,12,13). The lowest BCUT2D eigenvalue weighted by molar-refractivity contribution is 1.08. The van der Waals surface area contributed by atoms with Gasteiger partial charge in [-0.05, 0) is 6.92 Å². The molecule has 0 fully saturated rings. The molecule has 0 aromatic carbocycles. The minimum atomic E-state index is 0.476. The first-order valence-electron chi connectivity index (χ1n) is 3.79. The van der Waals surface area contributed by atoms with Crippen molar-refractivity contribution in [3.05, 3.63) is 22.7 Å². The average Bonchev–Trinajstić information content (AvgIpc) is 2.02. The van der Waals surface area contributed by atoms with Gasteiger partial charge in [-0.3, -0.25) is 0 Å². The summed E-state index contributed by atoms with van der Waals surface area (Å²) in [6.45, 7) is 1.85. The molecule has 0 radical (unpaired) electrons. The summed E-state index contributed by atoms with van der Waals surface area (Å²) in [7, 11) is 0. The summed E-state index contributed by atoms with van der Waals surface area (Å²) >= 11 is 5.07. The van der Waals surface area contributed by atoms with Crippen molar-refractivity contribution in [3.8, 4) is 0 Å². The van der Waals surface area contributed by atoms with Gasteiger partial charge in [0.05, 0.1) is 10.9 Å². The Labute approximate surface area is 79.8 Å². The normalized spacial score (nSPS) is 10.5. The van der Waals surface area contributed by atoms with Gasteiger partial charge in [-0.25, -0.2) is 9.97 Å². The highest BCUT2D eigenvalue weighted by atomic mass is 32.1. The van der Waals surface area contributed by atoms with Crippen LogP contribution in [0.1, 0.15) is 5.82 Å². The Balaban J connectivity index is 2.95. The van der Waals surface area contributed by atoms with E-state index in [0.29, 0.717) is 10.5 Å². The van der Waals surface area contributed by atoms with Crippen molar-refractivity contribution >= 4 is 28.9 Å². The first-order valence-corrected chi connectivity index (χ1v) is 4.20. The number of nitrogens with two attached hydrogens (primary N) is 1. The van der Waals surface area contributed by atoms with Gasteiger partial charge in [0, 0.05) is 12.3 Å². The Morgan fingerprint density at radius 2 is 2.31 bits per heavy atom. The van der Waals surface area contributed by atoms with E-state index in [4.69, 9.17) is 18.0 Å². The third-order valence-electron chi connectivity index (χ3n) is 1.74. The van der Waals surface area contributed by atoms with Crippen LogP contribution in [0.2, 0.25) is 0 Å². The van der Waals surface area contributed by atoms with Crippen LogP contribution in [0.15, 0.2) is 12.3 Å². The number of pyridine rings is 1. The molecule has 0 saturated heterocycles. The Morgan fingerprint density at radius 1 is 1.54 bits per heavy atom. The van der Waals surface area contributed by atoms with E-state index in [9.17, 15) is 0 Å². The molecule has 0 saturated carbocycles. The molecular weight excluding hydrogens is 184 g/mol. The second-order valence-electron chi connectivity index (χ2n) is 2.78. The van der Waals surface area contributed by atoms with Crippen molar-refractivity contribution in [2.45, 2.75) is 6.92 Å². The maximum absolute atomic E-state index is 5.54. The number of aromatic nitrogens is 3. The second kappa shape index (κ2) is 2.77. The number of hydrogen-bond donors (Lipinski definition) is 2. The van der Waals surface area contributed by atoms with Gasteiger partial charge in [0.2, 0.25) is 0 Å². The van der Waals surface area contributed by atoms with E-state index in [1.54, 1.807) is 12.3 Å². The molecule has 0 aliphatic heterocycles. The number of anilines is 1. The molecular formula is C8H8N4S. The van der Waals surface area contributed by atoms with Crippen LogP contribution in [0.25, 0.3) is 10.9 Å². The Kier molecular flexibility index (Phi) is 1.73. The van der Waals surface area contributed by atoms with E-state index in [1.165, 1.54) is 0 Å². The maximum atomic E-state index is 5.54. The van der Waals surface area contributed by atoms with E-state index in [1.807, 2.05) is 6.92 Å². The van der Waals surface area contributed by atoms with Crippen LogP contribution in [-0.4, -0.2) is 15.0 Å². The van der Waals surface area contributed by atoms with Gasteiger partial charge in [-0.1, -0.05) is 12.2 Å². The number of nitrogen functional groups attached to an aromatic ring is 1. The number of nitrogens with zero attached hydrogens (tertiary/aromatic N) is 2. The summed E-state index contributed by atoms with van der Waals surface area (Å²) in [6, 6.07) is 1.75. The molecule has 0 aliphatic carbocycles. The first kappa shape index (κ1) is 8.12. The van der Waals surface area contributed by atoms with E-state index >= 15 is 0 Å². The van der Waals surface area contributed by atoms with Crippen molar-refractivity contribution in [2.75, 3.05) is 5.73 Å². The fraction of sp³-hybridized carbons (Fsp3) is 0.125. The molecule has 2 aromatic rings. The number of rotatable bonds is 0. The highest BCUT2D eigenvalue weighted by molar-refractivity contribution is 7.71. The van der Waals surface area contributed by atoms with E-state index in [-0.39, 0.29) is 0 Å². The van der Waals surface area contributed by atoms with Crippen LogP contribution in [0.5, 0.6) is 0 Å². The van der Waals surface area contributed by atoms with Crippen LogP contribution in [-0.2, 0) is 0 Å². The molecule has 0 amide bonds. The zero-order chi connectivity index (χ0) is 9.42. The third-order valence-corrected chi connectivity index (χ3v) is 2.05. The van der Waals surface area contributed by atoms with Crippen LogP contribution >= 0.6 is 12.2 Å². The van der Waals surface area contributed by atoms with Crippen molar-refractivity contribution in [1.29, 1.82) is 0 Å². The Bertz CT molecular complexity index is 512. The Hall–Kier alpha value is -1.49. The predicted octanol–water partition coefficient (Wildman–Crippen LogP) is 1.58. The number of nitrogens with one attached hydrogen (secondary N) is 1. The fourth-order valence-corrected chi connectivity index (χ4v) is 1.48. The lowest BCUT2D eigenvalue weighted by Gasteiger charge is -2.00. The van der Waals surface area contributed by atoms with Crippen molar-refractivity contribution < 1.29 is 0 Å². The van der Waals surface area contributed by atoms with Gasteiger partial charge in [-0.15, -0.1) is 0 Å². The molecule has 2 rings (SSSR count). The maximum Gasteiger partial charge on any atom is 0.139 e. The first-order chi connectivity index (χ1) is 6.16. The van der Waals surface area contributed by atoms with Crippen LogP contribution in [0.3, 0.4) is 0 Å². The smallest absolute Gasteiger partial charge is 0.139 e. The van der Waals surface area contributed by atoms with E-state index in [2.05, 4.69) is 15.0 Å². The summed E-state index contributed by atoms with van der Waals surface area (Å²) in [5.74, 6) is 1.26. The summed E-state index contributed by atoms with van der Waals surface area (Å²) in [5.41, 5.74) is 6.42. The lowest BCUT2D eigenvalue weighted by atomic mass is 10.3. The van der Waals surface area contributed by atoms with Gasteiger partial charge < -0.3 is 10.7 Å². The Morgan fingerprint density at radius 3 is 3.08 bits per heavy atom. The van der Waals surface area contributed by atoms with Gasteiger partial charge in [0.1, 0.15) is 16.3 Å². The molecule has 2 aromatic heterocycles. The lowest BCUT2D eigenvalue weighted by Crippen LogP contribution is -1.94. The molecule has 13 heavy (non-hydrogen) atoms. The van der Waals surface area contributed by atoms with Gasteiger partial charge in [0.25, 0.3) is 0 Å². The second-order valence-corrected chi connectivity index (χ2v) is 3.17. The van der Waals surface area contributed by atoms with E-state index in [0.717, 1.165) is 16.7 Å². The molecule has 0 unspecified atom stereocenters. The molecule has 5 heteroatoms. The number of aryl methyl sites for hydroxylation is 1. The van der Waals surface area contributed by atoms with Crippen molar-refractivity contribution in [3.63, 3.8) is 0 Å². The summed E-state index contributed by atoms with van der Waals surface area (Å²) < 4.78 is 0.554. The minimum absolute atomic E-state index is 0.476. The van der Waals surface area contributed by atoms with Gasteiger partial charge >= 0.3 is 0 Å². The number of H-pyrrole nitrogens is 1. The molecule has 0 atom stereocenters.